The molecule has 0 spiro atoms. The Hall–Kier alpha value is -2.72. The fourth-order valence-electron chi connectivity index (χ4n) is 3.66. The average molecular weight is 462 g/mol. The molecule has 2 rings (SSSR count). The summed E-state index contributed by atoms with van der Waals surface area (Å²) in [5.74, 6) is 1.07. The van der Waals surface area contributed by atoms with Gasteiger partial charge in [-0.15, -0.1) is 0 Å². The predicted octanol–water partition coefficient (Wildman–Crippen LogP) is 4.34. The number of hydrogen-bond acceptors (Lipinski definition) is 4. The summed E-state index contributed by atoms with van der Waals surface area (Å²) >= 11 is 0. The first-order valence-electron chi connectivity index (χ1n) is 11.4. The number of carbonyl (C=O) groups is 2. The largest absolute Gasteiger partial charge is 0.469 e. The van der Waals surface area contributed by atoms with Gasteiger partial charge in [-0.2, -0.15) is 8.78 Å². The summed E-state index contributed by atoms with van der Waals surface area (Å²) in [6, 6.07) is 8.77. The fourth-order valence-corrected chi connectivity index (χ4v) is 3.66. The van der Waals surface area contributed by atoms with Gasteiger partial charge in [0.15, 0.2) is 0 Å². The van der Waals surface area contributed by atoms with Crippen molar-refractivity contribution in [2.45, 2.75) is 69.9 Å². The monoisotopic (exact) mass is 461 g/mol. The van der Waals surface area contributed by atoms with E-state index in [-0.39, 0.29) is 18.4 Å². The number of carbonyl (C=O) groups excluding carboxylic acids is 2. The summed E-state index contributed by atoms with van der Waals surface area (Å²) in [6.45, 7) is 2.06. The summed E-state index contributed by atoms with van der Waals surface area (Å²) in [7, 11) is 1.34. The molecule has 1 aliphatic heterocycles. The van der Waals surface area contributed by atoms with E-state index in [0.29, 0.717) is 25.7 Å². The first-order chi connectivity index (χ1) is 15.7. The molecule has 0 aromatic heterocycles. The molecule has 0 bridgehead atoms. The maximum absolute atomic E-state index is 14.0. The molecule has 1 aromatic rings. The minimum Gasteiger partial charge on any atom is -0.469 e. The van der Waals surface area contributed by atoms with E-state index in [1.165, 1.54) is 24.2 Å². The highest BCUT2D eigenvalue weighted by Crippen LogP contribution is 2.34. The van der Waals surface area contributed by atoms with Crippen molar-refractivity contribution >= 4 is 11.9 Å². The standard InChI is InChI=1S/C26H33F2NO4/c1-20(11-10-14-21-12-6-5-7-13-21)23(30)17-16-22-19-26(27,28)25(32)29(22)18-9-4-3-8-15-24(31)33-2/h5-7,12-13,16-17,20,22-23,30H,3-4,8-9,11,15,18-19H2,1-2H3/t20?,22-,23?/m0/s1. The molecule has 0 saturated carbocycles. The van der Waals surface area contributed by atoms with Crippen LogP contribution < -0.4 is 0 Å². The molecular weight excluding hydrogens is 428 g/mol. The van der Waals surface area contributed by atoms with E-state index >= 15 is 0 Å². The zero-order valence-corrected chi connectivity index (χ0v) is 19.3. The number of alkyl halides is 2. The Bertz CT molecular complexity index is 860. The number of hydrogen-bond donors (Lipinski definition) is 1. The van der Waals surface area contributed by atoms with Crippen LogP contribution in [0.5, 0.6) is 0 Å². The average Bonchev–Trinajstić information content (AvgIpc) is 3.02. The third-order valence-corrected chi connectivity index (χ3v) is 5.74. The molecule has 0 aliphatic carbocycles. The molecule has 0 radical (unpaired) electrons. The van der Waals surface area contributed by atoms with Crippen molar-refractivity contribution in [2.24, 2.45) is 5.92 Å². The van der Waals surface area contributed by atoms with Crippen molar-refractivity contribution < 1.29 is 28.2 Å². The second-order valence-electron chi connectivity index (χ2n) is 8.44. The van der Waals surface area contributed by atoms with E-state index in [9.17, 15) is 23.5 Å². The van der Waals surface area contributed by atoms with E-state index in [2.05, 4.69) is 16.6 Å². The lowest BCUT2D eigenvalue weighted by molar-refractivity contribution is -0.148. The molecule has 2 unspecified atom stereocenters. The zero-order chi connectivity index (χ0) is 24.3. The molecule has 1 amide bonds. The Morgan fingerprint density at radius 2 is 1.97 bits per heavy atom. The molecule has 3 atom stereocenters. The van der Waals surface area contributed by atoms with Gasteiger partial charge in [-0.05, 0) is 30.9 Å². The minimum atomic E-state index is -3.39. The third-order valence-electron chi connectivity index (χ3n) is 5.74. The second-order valence-corrected chi connectivity index (χ2v) is 8.44. The van der Waals surface area contributed by atoms with Crippen molar-refractivity contribution in [2.75, 3.05) is 13.7 Å². The predicted molar refractivity (Wildman–Crippen MR) is 122 cm³/mol. The molecule has 5 nitrogen and oxygen atoms in total. The van der Waals surface area contributed by atoms with Crippen molar-refractivity contribution in [3.63, 3.8) is 0 Å². The number of rotatable bonds is 11. The molecule has 1 aromatic carbocycles. The number of nitrogens with zero attached hydrogens (tertiary/aromatic N) is 1. The van der Waals surface area contributed by atoms with Crippen LogP contribution in [0, 0.1) is 17.8 Å². The van der Waals surface area contributed by atoms with E-state index < -0.39 is 30.4 Å². The lowest BCUT2D eigenvalue weighted by atomic mass is 9.99. The second kappa shape index (κ2) is 13.1. The number of aliphatic hydroxyl groups is 1. The minimum absolute atomic E-state index is 0.182. The van der Waals surface area contributed by atoms with Gasteiger partial charge in [0.2, 0.25) is 0 Å². The molecule has 1 fully saturated rings. The Balaban J connectivity index is 1.85. The lowest BCUT2D eigenvalue weighted by Gasteiger charge is -2.22. The maximum atomic E-state index is 14.0. The van der Waals surface area contributed by atoms with Crippen molar-refractivity contribution in [1.82, 2.24) is 4.90 Å². The van der Waals surface area contributed by atoms with Crippen LogP contribution in [-0.4, -0.2) is 53.6 Å². The van der Waals surface area contributed by atoms with Crippen LogP contribution in [0.15, 0.2) is 42.5 Å². The highest BCUT2D eigenvalue weighted by Gasteiger charge is 2.52. The van der Waals surface area contributed by atoms with E-state index in [4.69, 9.17) is 0 Å². The summed E-state index contributed by atoms with van der Waals surface area (Å²) in [4.78, 5) is 24.5. The van der Waals surface area contributed by atoms with Gasteiger partial charge in [0.05, 0.1) is 19.3 Å². The summed E-state index contributed by atoms with van der Waals surface area (Å²) < 4.78 is 32.7. The Labute approximate surface area is 194 Å². The Morgan fingerprint density at radius 3 is 2.67 bits per heavy atom. The van der Waals surface area contributed by atoms with E-state index in [1.54, 1.807) is 0 Å². The number of likely N-dealkylation sites (tertiary alicyclic amines) is 1. The summed E-state index contributed by atoms with van der Waals surface area (Å²) in [5, 5.41) is 10.4. The number of aliphatic hydroxyl groups excluding tert-OH is 1. The van der Waals surface area contributed by atoms with Gasteiger partial charge < -0.3 is 14.7 Å². The highest BCUT2D eigenvalue weighted by atomic mass is 19.3. The van der Waals surface area contributed by atoms with Crippen LogP contribution in [0.3, 0.4) is 0 Å². The number of unbranched alkanes of at least 4 members (excludes halogenated alkanes) is 3. The molecular formula is C26H33F2NO4. The molecule has 1 aliphatic rings. The first kappa shape index (κ1) is 26.5. The lowest BCUT2D eigenvalue weighted by Crippen LogP contribution is -2.36. The van der Waals surface area contributed by atoms with Crippen LogP contribution in [0.1, 0.15) is 57.4 Å². The third kappa shape index (κ3) is 8.62. The van der Waals surface area contributed by atoms with Crippen LogP contribution in [0.4, 0.5) is 8.78 Å². The summed E-state index contributed by atoms with van der Waals surface area (Å²) in [6.07, 6.45) is 5.08. The van der Waals surface area contributed by atoms with Crippen molar-refractivity contribution in [3.05, 3.63) is 48.0 Å². The number of esters is 1. The number of benzene rings is 1. The van der Waals surface area contributed by atoms with E-state index in [1.807, 2.05) is 37.3 Å². The van der Waals surface area contributed by atoms with Crippen molar-refractivity contribution in [3.8, 4) is 11.8 Å². The number of methoxy groups -OCH3 is 1. The molecule has 33 heavy (non-hydrogen) atoms. The molecule has 180 valence electrons. The van der Waals surface area contributed by atoms with Crippen LogP contribution >= 0.6 is 0 Å². The van der Waals surface area contributed by atoms with Gasteiger partial charge >= 0.3 is 11.9 Å². The molecule has 1 N–H and O–H groups in total. The molecule has 1 saturated heterocycles. The van der Waals surface area contributed by atoms with Crippen LogP contribution in [0.2, 0.25) is 0 Å². The Kier molecular flexibility index (Phi) is 10.5. The van der Waals surface area contributed by atoms with Gasteiger partial charge in [-0.3, -0.25) is 9.59 Å². The van der Waals surface area contributed by atoms with Crippen LogP contribution in [-0.2, 0) is 14.3 Å². The normalized spacial score (nSPS) is 19.2. The topological polar surface area (TPSA) is 66.8 Å². The van der Waals surface area contributed by atoms with Gasteiger partial charge in [0.25, 0.3) is 5.91 Å². The molecule has 7 heteroatoms. The fraction of sp³-hybridized carbons (Fsp3) is 0.538. The van der Waals surface area contributed by atoms with Gasteiger partial charge in [0.1, 0.15) is 0 Å². The zero-order valence-electron chi connectivity index (χ0n) is 19.3. The van der Waals surface area contributed by atoms with E-state index in [0.717, 1.165) is 18.4 Å². The number of halogens is 2. The van der Waals surface area contributed by atoms with Gasteiger partial charge in [-0.1, -0.05) is 62.0 Å². The van der Waals surface area contributed by atoms with Gasteiger partial charge in [0, 0.05) is 31.4 Å². The van der Waals surface area contributed by atoms with Gasteiger partial charge in [-0.25, -0.2) is 0 Å². The highest BCUT2D eigenvalue weighted by molar-refractivity contribution is 5.86. The maximum Gasteiger partial charge on any atom is 0.327 e. The first-order valence-corrected chi connectivity index (χ1v) is 11.4. The smallest absolute Gasteiger partial charge is 0.327 e. The number of amides is 1. The quantitative estimate of drug-likeness (QED) is 0.230. The number of ether oxygens (including phenoxy) is 1. The SMILES string of the molecule is COC(=O)CCCCCCN1C(=O)C(F)(F)C[C@@H]1C=CC(O)C(C)CC#Cc1ccccc1. The van der Waals surface area contributed by atoms with Crippen molar-refractivity contribution in [1.29, 1.82) is 0 Å². The molecule has 1 heterocycles. The Morgan fingerprint density at radius 1 is 1.27 bits per heavy atom. The summed E-state index contributed by atoms with van der Waals surface area (Å²) in [5.41, 5.74) is 0.891. The van der Waals surface area contributed by atoms with Crippen LogP contribution in [0.25, 0.3) is 0 Å².